The van der Waals surface area contributed by atoms with Crippen LogP contribution in [0.1, 0.15) is 25.0 Å². The van der Waals surface area contributed by atoms with Crippen molar-refractivity contribution in [1.82, 2.24) is 10.6 Å². The van der Waals surface area contributed by atoms with Gasteiger partial charge in [0.2, 0.25) is 11.8 Å². The number of ether oxygens (including phenoxy) is 1. The van der Waals surface area contributed by atoms with Crippen molar-refractivity contribution < 1.29 is 19.1 Å². The van der Waals surface area contributed by atoms with Gasteiger partial charge in [-0.3, -0.25) is 9.59 Å². The van der Waals surface area contributed by atoms with Gasteiger partial charge in [0.15, 0.2) is 0 Å². The Balaban J connectivity index is 1.98. The zero-order valence-electron chi connectivity index (χ0n) is 17.7. The molecule has 2 unspecified atom stereocenters. The SMILES string of the molecule is CC(C)C(NC(=O)C(CSCc1ccccc1)NC(=O)OCc1ccccc1)C(N)=O. The van der Waals surface area contributed by atoms with Gasteiger partial charge in [0.05, 0.1) is 0 Å². The van der Waals surface area contributed by atoms with E-state index in [2.05, 4.69) is 10.6 Å². The zero-order chi connectivity index (χ0) is 22.6. The van der Waals surface area contributed by atoms with Gasteiger partial charge in [-0.05, 0) is 17.0 Å². The van der Waals surface area contributed by atoms with Gasteiger partial charge in [-0.25, -0.2) is 4.79 Å². The largest absolute Gasteiger partial charge is 0.445 e. The van der Waals surface area contributed by atoms with E-state index in [1.165, 1.54) is 11.8 Å². The number of nitrogens with one attached hydrogen (secondary N) is 2. The standard InChI is InChI=1S/C23H29N3O4S/c1-16(2)20(21(24)27)26-22(28)19(15-31-14-18-11-7-4-8-12-18)25-23(29)30-13-17-9-5-3-6-10-17/h3-12,16,19-20H,13-15H2,1-2H3,(H2,24,27)(H,25,29)(H,26,28). The minimum absolute atomic E-state index is 0.0913. The number of thioether (sulfide) groups is 1. The van der Waals surface area contributed by atoms with Crippen molar-refractivity contribution in [2.45, 2.75) is 38.3 Å². The predicted molar refractivity (Wildman–Crippen MR) is 122 cm³/mol. The molecule has 7 nitrogen and oxygen atoms in total. The Kier molecular flexibility index (Phi) is 9.90. The number of rotatable bonds is 11. The molecule has 2 aromatic carbocycles. The van der Waals surface area contributed by atoms with E-state index in [-0.39, 0.29) is 12.5 Å². The molecule has 0 saturated carbocycles. The second-order valence-electron chi connectivity index (χ2n) is 7.39. The van der Waals surface area contributed by atoms with Crippen LogP contribution in [0.4, 0.5) is 4.79 Å². The first kappa shape index (κ1) is 24.3. The van der Waals surface area contributed by atoms with E-state index in [0.29, 0.717) is 11.5 Å². The van der Waals surface area contributed by atoms with Crippen LogP contribution < -0.4 is 16.4 Å². The minimum atomic E-state index is -0.877. The third-order valence-electron chi connectivity index (χ3n) is 4.49. The van der Waals surface area contributed by atoms with E-state index in [1.807, 2.05) is 60.7 Å². The molecule has 0 heterocycles. The maximum atomic E-state index is 12.8. The molecule has 0 spiro atoms. The lowest BCUT2D eigenvalue weighted by molar-refractivity contribution is -0.129. The van der Waals surface area contributed by atoms with Crippen molar-refractivity contribution in [2.75, 3.05) is 5.75 Å². The molecule has 8 heteroatoms. The molecule has 0 fully saturated rings. The van der Waals surface area contributed by atoms with Gasteiger partial charge in [-0.2, -0.15) is 11.8 Å². The fourth-order valence-corrected chi connectivity index (χ4v) is 3.80. The molecule has 0 aliphatic heterocycles. The fourth-order valence-electron chi connectivity index (χ4n) is 2.78. The summed E-state index contributed by atoms with van der Waals surface area (Å²) < 4.78 is 5.24. The Morgan fingerprint density at radius 3 is 2.06 bits per heavy atom. The molecular weight excluding hydrogens is 414 g/mol. The average molecular weight is 444 g/mol. The molecule has 31 heavy (non-hydrogen) atoms. The summed E-state index contributed by atoms with van der Waals surface area (Å²) in [4.78, 5) is 36.8. The summed E-state index contributed by atoms with van der Waals surface area (Å²) in [5.74, 6) is -0.288. The third-order valence-corrected chi connectivity index (χ3v) is 5.59. The normalized spacial score (nSPS) is 12.6. The summed E-state index contributed by atoms with van der Waals surface area (Å²) in [6.07, 6.45) is -0.704. The summed E-state index contributed by atoms with van der Waals surface area (Å²) in [5.41, 5.74) is 7.35. The van der Waals surface area contributed by atoms with Gasteiger partial charge < -0.3 is 21.1 Å². The molecule has 2 aromatic rings. The average Bonchev–Trinajstić information content (AvgIpc) is 2.76. The topological polar surface area (TPSA) is 111 Å². The van der Waals surface area contributed by atoms with Gasteiger partial charge >= 0.3 is 6.09 Å². The second kappa shape index (κ2) is 12.6. The first-order valence-corrected chi connectivity index (χ1v) is 11.2. The second-order valence-corrected chi connectivity index (χ2v) is 8.42. The number of nitrogens with two attached hydrogens (primary N) is 1. The number of hydrogen-bond donors (Lipinski definition) is 3. The summed E-state index contributed by atoms with van der Waals surface area (Å²) in [6, 6.07) is 17.4. The van der Waals surface area contributed by atoms with E-state index in [1.54, 1.807) is 13.8 Å². The van der Waals surface area contributed by atoms with Gasteiger partial charge in [0.1, 0.15) is 18.7 Å². The van der Waals surface area contributed by atoms with Crippen LogP contribution in [0.3, 0.4) is 0 Å². The highest BCUT2D eigenvalue weighted by molar-refractivity contribution is 7.98. The van der Waals surface area contributed by atoms with Crippen LogP contribution in [0.25, 0.3) is 0 Å². The van der Waals surface area contributed by atoms with Crippen LogP contribution >= 0.6 is 11.8 Å². The lowest BCUT2D eigenvalue weighted by Crippen LogP contribution is -2.55. The number of carbonyl (C=O) groups is 3. The highest BCUT2D eigenvalue weighted by Crippen LogP contribution is 2.14. The minimum Gasteiger partial charge on any atom is -0.445 e. The Labute approximate surface area is 187 Å². The number of alkyl carbamates (subject to hydrolysis) is 1. The number of carbonyl (C=O) groups excluding carboxylic acids is 3. The quantitative estimate of drug-likeness (QED) is 0.495. The zero-order valence-corrected chi connectivity index (χ0v) is 18.6. The highest BCUT2D eigenvalue weighted by Gasteiger charge is 2.27. The first-order valence-electron chi connectivity index (χ1n) is 10.1. The van der Waals surface area contributed by atoms with Gasteiger partial charge in [-0.15, -0.1) is 0 Å². The molecule has 166 valence electrons. The molecule has 0 aliphatic carbocycles. The van der Waals surface area contributed by atoms with E-state index in [0.717, 1.165) is 11.1 Å². The third kappa shape index (κ3) is 8.72. The van der Waals surface area contributed by atoms with E-state index < -0.39 is 30.0 Å². The Hall–Kier alpha value is -3.00. The Morgan fingerprint density at radius 1 is 0.935 bits per heavy atom. The van der Waals surface area contributed by atoms with Crippen LogP contribution in [0, 0.1) is 5.92 Å². The van der Waals surface area contributed by atoms with Gasteiger partial charge in [0, 0.05) is 11.5 Å². The molecule has 0 aromatic heterocycles. The van der Waals surface area contributed by atoms with Crippen LogP contribution in [0.15, 0.2) is 60.7 Å². The molecule has 4 N–H and O–H groups in total. The Bertz CT molecular complexity index is 846. The van der Waals surface area contributed by atoms with Gasteiger partial charge in [0.25, 0.3) is 0 Å². The summed E-state index contributed by atoms with van der Waals surface area (Å²) in [5, 5.41) is 5.26. The lowest BCUT2D eigenvalue weighted by Gasteiger charge is -2.23. The van der Waals surface area contributed by atoms with Crippen molar-refractivity contribution in [3.63, 3.8) is 0 Å². The van der Waals surface area contributed by atoms with Crippen molar-refractivity contribution >= 4 is 29.7 Å². The molecule has 2 atom stereocenters. The maximum absolute atomic E-state index is 12.8. The van der Waals surface area contributed by atoms with Crippen molar-refractivity contribution in [3.8, 4) is 0 Å². The van der Waals surface area contributed by atoms with Crippen molar-refractivity contribution in [3.05, 3.63) is 71.8 Å². The predicted octanol–water partition coefficient (Wildman–Crippen LogP) is 2.84. The maximum Gasteiger partial charge on any atom is 0.408 e. The summed E-state index contributed by atoms with van der Waals surface area (Å²) in [7, 11) is 0. The van der Waals surface area contributed by atoms with Crippen molar-refractivity contribution in [2.24, 2.45) is 11.7 Å². The lowest BCUT2D eigenvalue weighted by atomic mass is 10.0. The van der Waals surface area contributed by atoms with E-state index in [9.17, 15) is 14.4 Å². The molecule has 3 amide bonds. The molecule has 0 bridgehead atoms. The first-order chi connectivity index (χ1) is 14.9. The monoisotopic (exact) mass is 443 g/mol. The Morgan fingerprint density at radius 2 is 1.52 bits per heavy atom. The molecular formula is C23H29N3O4S. The number of amides is 3. The molecule has 0 saturated heterocycles. The van der Waals surface area contributed by atoms with Gasteiger partial charge in [-0.1, -0.05) is 74.5 Å². The fraction of sp³-hybridized carbons (Fsp3) is 0.348. The molecule has 0 radical (unpaired) electrons. The number of primary amides is 1. The van der Waals surface area contributed by atoms with Crippen LogP contribution in [-0.4, -0.2) is 35.7 Å². The van der Waals surface area contributed by atoms with E-state index >= 15 is 0 Å². The number of benzene rings is 2. The van der Waals surface area contributed by atoms with Crippen LogP contribution in [0.2, 0.25) is 0 Å². The summed E-state index contributed by atoms with van der Waals surface area (Å²) >= 11 is 1.50. The highest BCUT2D eigenvalue weighted by atomic mass is 32.2. The van der Waals surface area contributed by atoms with E-state index in [4.69, 9.17) is 10.5 Å². The van der Waals surface area contributed by atoms with Crippen LogP contribution in [0.5, 0.6) is 0 Å². The summed E-state index contributed by atoms with van der Waals surface area (Å²) in [6.45, 7) is 3.67. The molecule has 0 aliphatic rings. The smallest absolute Gasteiger partial charge is 0.408 e. The van der Waals surface area contributed by atoms with Crippen molar-refractivity contribution in [1.29, 1.82) is 0 Å². The molecule has 2 rings (SSSR count). The van der Waals surface area contributed by atoms with Crippen LogP contribution in [-0.2, 0) is 26.7 Å². The number of hydrogen-bond acceptors (Lipinski definition) is 5.